The predicted molar refractivity (Wildman–Crippen MR) is 75.2 cm³/mol. The minimum atomic E-state index is -2.65. The number of hydrogen-bond donors (Lipinski definition) is 1. The van der Waals surface area contributed by atoms with Gasteiger partial charge in [0.25, 0.3) is 0 Å². The molecule has 0 spiro atoms. The first-order chi connectivity index (χ1) is 9.18. The Balaban J connectivity index is 5.57. The van der Waals surface area contributed by atoms with Gasteiger partial charge in [-0.05, 0) is 11.8 Å². The molecule has 1 N–H and O–H groups in total. The molecule has 0 aromatic rings. The monoisotopic (exact) mass is 308 g/mol. The maximum absolute atomic E-state index is 13.0. The second-order valence-electron chi connectivity index (χ2n) is 7.62. The molecule has 21 heavy (non-hydrogen) atoms. The van der Waals surface area contributed by atoms with Crippen LogP contribution in [-0.2, 0) is 14.3 Å². The zero-order valence-electron chi connectivity index (χ0n) is 13.6. The lowest BCUT2D eigenvalue weighted by Crippen LogP contribution is -2.50. The van der Waals surface area contributed by atoms with Crippen LogP contribution in [0, 0.1) is 10.8 Å². The molecule has 0 aliphatic heterocycles. The molecule has 1 unspecified atom stereocenters. The summed E-state index contributed by atoms with van der Waals surface area (Å²) < 4.78 is 31.4. The largest absolute Gasteiger partial charge is 0.481 e. The van der Waals surface area contributed by atoms with Gasteiger partial charge in [-0.3, -0.25) is 9.59 Å². The van der Waals surface area contributed by atoms with Crippen molar-refractivity contribution in [2.45, 2.75) is 72.8 Å². The molecule has 0 bridgehead atoms. The van der Waals surface area contributed by atoms with Gasteiger partial charge in [0.15, 0.2) is 0 Å². The number of carboxylic acids is 1. The van der Waals surface area contributed by atoms with E-state index in [1.54, 1.807) is 20.8 Å². The van der Waals surface area contributed by atoms with Crippen molar-refractivity contribution in [2.75, 3.05) is 0 Å². The third-order valence-electron chi connectivity index (χ3n) is 3.27. The quantitative estimate of drug-likeness (QED) is 0.597. The molecule has 6 heteroatoms. The van der Waals surface area contributed by atoms with Crippen LogP contribution in [0.2, 0.25) is 0 Å². The first-order valence-electron chi connectivity index (χ1n) is 6.90. The second kappa shape index (κ2) is 6.71. The number of alkyl halides is 2. The number of aliphatic carboxylic acids is 1. The van der Waals surface area contributed by atoms with Crippen molar-refractivity contribution in [1.82, 2.24) is 0 Å². The van der Waals surface area contributed by atoms with Crippen molar-refractivity contribution >= 4 is 11.9 Å². The lowest BCUT2D eigenvalue weighted by Gasteiger charge is -2.47. The summed E-state index contributed by atoms with van der Waals surface area (Å²) in [6.45, 7) is 10.7. The van der Waals surface area contributed by atoms with Crippen LogP contribution in [0.5, 0.6) is 0 Å². The van der Waals surface area contributed by atoms with E-state index in [0.717, 1.165) is 0 Å². The zero-order chi connectivity index (χ0) is 17.1. The van der Waals surface area contributed by atoms with Gasteiger partial charge in [-0.25, -0.2) is 8.78 Å². The third kappa shape index (κ3) is 6.87. The first-order valence-corrected chi connectivity index (χ1v) is 6.90. The van der Waals surface area contributed by atoms with Gasteiger partial charge >= 0.3 is 11.9 Å². The average Bonchev–Trinajstić information content (AvgIpc) is 2.08. The van der Waals surface area contributed by atoms with Gasteiger partial charge in [0.05, 0.1) is 0 Å². The standard InChI is InChI=1S/C15H26F2O4/c1-13(2,3)9-15(8-10(16)17,14(4,5)6)21-12(20)7-11(18)19/h10H,7-9H2,1-6H3,(H,18,19). The van der Waals surface area contributed by atoms with E-state index in [1.165, 1.54) is 0 Å². The summed E-state index contributed by atoms with van der Waals surface area (Å²) in [4.78, 5) is 22.3. The molecule has 0 aromatic carbocycles. The smallest absolute Gasteiger partial charge is 0.317 e. The van der Waals surface area contributed by atoms with Gasteiger partial charge in [0.1, 0.15) is 12.0 Å². The topological polar surface area (TPSA) is 63.6 Å². The van der Waals surface area contributed by atoms with Gasteiger partial charge in [-0.15, -0.1) is 0 Å². The van der Waals surface area contributed by atoms with E-state index in [0.29, 0.717) is 0 Å². The molecular formula is C15H26F2O4. The summed E-state index contributed by atoms with van der Waals surface area (Å²) in [5.41, 5.74) is -2.51. The van der Waals surface area contributed by atoms with Gasteiger partial charge < -0.3 is 9.84 Å². The molecule has 0 rings (SSSR count). The highest BCUT2D eigenvalue weighted by Crippen LogP contribution is 2.46. The Hall–Kier alpha value is -1.20. The Bertz CT molecular complexity index is 380. The number of carboxylic acid groups (broad SMARTS) is 1. The number of ether oxygens (including phenoxy) is 1. The predicted octanol–water partition coefficient (Wildman–Crippen LogP) is 3.88. The lowest BCUT2D eigenvalue weighted by atomic mass is 9.66. The fourth-order valence-electron chi connectivity index (χ4n) is 2.36. The van der Waals surface area contributed by atoms with Crippen LogP contribution >= 0.6 is 0 Å². The van der Waals surface area contributed by atoms with Gasteiger partial charge in [-0.1, -0.05) is 41.5 Å². The normalized spacial score (nSPS) is 15.7. The Morgan fingerprint density at radius 3 is 1.86 bits per heavy atom. The van der Waals surface area contributed by atoms with Crippen molar-refractivity contribution in [1.29, 1.82) is 0 Å². The minimum absolute atomic E-state index is 0.221. The van der Waals surface area contributed by atoms with Crippen LogP contribution in [0.25, 0.3) is 0 Å². The van der Waals surface area contributed by atoms with Crippen LogP contribution < -0.4 is 0 Å². The summed E-state index contributed by atoms with van der Waals surface area (Å²) in [6.07, 6.45) is -3.87. The fraction of sp³-hybridized carbons (Fsp3) is 0.867. The third-order valence-corrected chi connectivity index (χ3v) is 3.27. The molecule has 0 fully saturated rings. The molecule has 0 amide bonds. The average molecular weight is 308 g/mol. The molecule has 0 aromatic heterocycles. The van der Waals surface area contributed by atoms with E-state index < -0.39 is 42.2 Å². The molecule has 0 heterocycles. The Labute approximate surface area is 124 Å². The van der Waals surface area contributed by atoms with E-state index in [4.69, 9.17) is 9.84 Å². The maximum Gasteiger partial charge on any atom is 0.317 e. The van der Waals surface area contributed by atoms with Crippen molar-refractivity contribution in [2.24, 2.45) is 10.8 Å². The van der Waals surface area contributed by atoms with E-state index in [9.17, 15) is 18.4 Å². The molecule has 0 aliphatic carbocycles. The Morgan fingerprint density at radius 1 is 1.10 bits per heavy atom. The van der Waals surface area contributed by atoms with Crippen LogP contribution in [0.1, 0.15) is 60.8 Å². The Kier molecular flexibility index (Phi) is 6.32. The summed E-state index contributed by atoms with van der Waals surface area (Å²) in [5, 5.41) is 8.65. The SMILES string of the molecule is CC(C)(C)CC(CC(F)F)(OC(=O)CC(=O)O)C(C)(C)C. The zero-order valence-corrected chi connectivity index (χ0v) is 13.6. The number of halogens is 2. The van der Waals surface area contributed by atoms with Gasteiger partial charge in [0, 0.05) is 11.8 Å². The Morgan fingerprint density at radius 2 is 1.57 bits per heavy atom. The summed E-state index contributed by atoms with van der Waals surface area (Å²) in [5.74, 6) is -2.32. The van der Waals surface area contributed by atoms with E-state index in [-0.39, 0.29) is 11.8 Å². The minimum Gasteiger partial charge on any atom is -0.481 e. The van der Waals surface area contributed by atoms with E-state index in [2.05, 4.69) is 0 Å². The number of carbonyl (C=O) groups is 2. The van der Waals surface area contributed by atoms with Crippen molar-refractivity contribution in [3.63, 3.8) is 0 Å². The van der Waals surface area contributed by atoms with Gasteiger partial charge in [-0.2, -0.15) is 0 Å². The van der Waals surface area contributed by atoms with Crippen LogP contribution in [0.3, 0.4) is 0 Å². The molecule has 124 valence electrons. The lowest BCUT2D eigenvalue weighted by molar-refractivity contribution is -0.188. The first kappa shape index (κ1) is 19.8. The number of hydrogen-bond acceptors (Lipinski definition) is 3. The van der Waals surface area contributed by atoms with Crippen LogP contribution in [0.4, 0.5) is 8.78 Å². The molecule has 1 atom stereocenters. The summed E-state index contributed by atoms with van der Waals surface area (Å²) in [7, 11) is 0. The summed E-state index contributed by atoms with van der Waals surface area (Å²) >= 11 is 0. The van der Waals surface area contributed by atoms with Crippen molar-refractivity contribution < 1.29 is 28.2 Å². The highest BCUT2D eigenvalue weighted by Gasteiger charge is 2.49. The van der Waals surface area contributed by atoms with Crippen LogP contribution in [-0.4, -0.2) is 29.1 Å². The number of rotatable bonds is 6. The number of carbonyl (C=O) groups excluding carboxylic acids is 1. The number of esters is 1. The fourth-order valence-corrected chi connectivity index (χ4v) is 2.36. The van der Waals surface area contributed by atoms with Crippen LogP contribution in [0.15, 0.2) is 0 Å². The maximum atomic E-state index is 13.0. The molecule has 0 radical (unpaired) electrons. The second-order valence-corrected chi connectivity index (χ2v) is 7.62. The summed E-state index contributed by atoms with van der Waals surface area (Å²) in [6, 6.07) is 0. The van der Waals surface area contributed by atoms with E-state index in [1.807, 2.05) is 20.8 Å². The van der Waals surface area contributed by atoms with Crippen molar-refractivity contribution in [3.8, 4) is 0 Å². The molecule has 0 saturated heterocycles. The molecule has 0 aliphatic rings. The highest BCUT2D eigenvalue weighted by atomic mass is 19.3. The highest BCUT2D eigenvalue weighted by molar-refractivity contribution is 5.90. The molecular weight excluding hydrogens is 282 g/mol. The molecule has 4 nitrogen and oxygen atoms in total. The van der Waals surface area contributed by atoms with E-state index >= 15 is 0 Å². The molecule has 0 saturated carbocycles. The van der Waals surface area contributed by atoms with Crippen molar-refractivity contribution in [3.05, 3.63) is 0 Å². The van der Waals surface area contributed by atoms with Gasteiger partial charge in [0.2, 0.25) is 6.43 Å².